The first-order valence-corrected chi connectivity index (χ1v) is 10.1. The minimum absolute atomic E-state index is 0.0487. The summed E-state index contributed by atoms with van der Waals surface area (Å²) < 4.78 is 0. The van der Waals surface area contributed by atoms with Crippen molar-refractivity contribution >= 4 is 17.3 Å². The molecule has 0 radical (unpaired) electrons. The monoisotopic (exact) mass is 391 g/mol. The predicted octanol–water partition coefficient (Wildman–Crippen LogP) is 2.45. The second-order valence-corrected chi connectivity index (χ2v) is 7.58. The van der Waals surface area contributed by atoms with Gasteiger partial charge >= 0.3 is 0 Å². The Morgan fingerprint density at radius 2 is 1.83 bits per heavy atom. The molecule has 0 saturated carbocycles. The summed E-state index contributed by atoms with van der Waals surface area (Å²) in [6.45, 7) is 4.36. The predicted molar refractivity (Wildman–Crippen MR) is 117 cm³/mol. The van der Waals surface area contributed by atoms with Gasteiger partial charge in [-0.2, -0.15) is 5.26 Å². The molecule has 0 bridgehead atoms. The number of nitrogens with zero attached hydrogens (tertiary/aromatic N) is 4. The molecule has 2 aromatic rings. The molecule has 1 heterocycles. The van der Waals surface area contributed by atoms with Gasteiger partial charge in [0.1, 0.15) is 6.07 Å². The molecule has 0 unspecified atom stereocenters. The topological polar surface area (TPSA) is 62.6 Å². The largest absolute Gasteiger partial charge is 0.378 e. The van der Waals surface area contributed by atoms with Gasteiger partial charge in [0.15, 0.2) is 0 Å². The van der Waals surface area contributed by atoms with Crippen molar-refractivity contribution in [3.63, 3.8) is 0 Å². The van der Waals surface area contributed by atoms with E-state index in [2.05, 4.69) is 38.2 Å². The normalized spacial score (nSPS) is 14.7. The van der Waals surface area contributed by atoms with E-state index in [1.165, 1.54) is 0 Å². The Kier molecular flexibility index (Phi) is 7.09. The summed E-state index contributed by atoms with van der Waals surface area (Å²) in [7, 11) is 4.02. The molecule has 0 spiro atoms. The van der Waals surface area contributed by atoms with E-state index in [0.29, 0.717) is 18.7 Å². The average Bonchev–Trinajstić information content (AvgIpc) is 2.98. The van der Waals surface area contributed by atoms with E-state index in [4.69, 9.17) is 0 Å². The quantitative estimate of drug-likeness (QED) is 0.820. The highest BCUT2D eigenvalue weighted by atomic mass is 16.2. The van der Waals surface area contributed by atoms with Crippen molar-refractivity contribution in [1.29, 1.82) is 5.26 Å². The summed E-state index contributed by atoms with van der Waals surface area (Å²) in [6.07, 6.45) is 0.971. The number of benzene rings is 2. The summed E-state index contributed by atoms with van der Waals surface area (Å²) in [5.74, 6) is 0.0487. The molecule has 6 heteroatoms. The minimum Gasteiger partial charge on any atom is -0.378 e. The number of anilines is 2. The van der Waals surface area contributed by atoms with Crippen LogP contribution in [0.3, 0.4) is 0 Å². The van der Waals surface area contributed by atoms with E-state index in [1.807, 2.05) is 50.5 Å². The fourth-order valence-corrected chi connectivity index (χ4v) is 3.59. The number of nitriles is 1. The molecule has 6 nitrogen and oxygen atoms in total. The standard InChI is InChI=1S/C23H29N5O/c1-26(2)21-10-8-19(9-11-21)17-25-23(29)18-27-12-5-13-28(15-14-27)22-7-4-3-6-20(22)16-24/h3-4,6-11H,5,12-15,17-18H2,1-2H3,(H,25,29). The number of carbonyl (C=O) groups is 1. The first-order valence-electron chi connectivity index (χ1n) is 10.1. The van der Waals surface area contributed by atoms with Crippen LogP contribution >= 0.6 is 0 Å². The number of nitrogens with one attached hydrogen (secondary N) is 1. The molecule has 29 heavy (non-hydrogen) atoms. The molecule has 1 amide bonds. The van der Waals surface area contributed by atoms with Crippen molar-refractivity contribution in [3.05, 3.63) is 59.7 Å². The van der Waals surface area contributed by atoms with E-state index >= 15 is 0 Å². The maximum Gasteiger partial charge on any atom is 0.234 e. The molecule has 0 aromatic heterocycles. The van der Waals surface area contributed by atoms with Gasteiger partial charge in [0, 0.05) is 52.5 Å². The van der Waals surface area contributed by atoms with Crippen molar-refractivity contribution in [1.82, 2.24) is 10.2 Å². The minimum atomic E-state index is 0.0487. The highest BCUT2D eigenvalue weighted by Crippen LogP contribution is 2.21. The van der Waals surface area contributed by atoms with Crippen LogP contribution in [0.1, 0.15) is 17.5 Å². The Balaban J connectivity index is 1.48. The van der Waals surface area contributed by atoms with Crippen LogP contribution in [0, 0.1) is 11.3 Å². The second kappa shape index (κ2) is 9.94. The van der Waals surface area contributed by atoms with Gasteiger partial charge in [-0.3, -0.25) is 9.69 Å². The molecule has 152 valence electrons. The maximum atomic E-state index is 12.4. The molecule has 1 fully saturated rings. The van der Waals surface area contributed by atoms with Crippen LogP contribution in [0.15, 0.2) is 48.5 Å². The molecule has 1 N–H and O–H groups in total. The fourth-order valence-electron chi connectivity index (χ4n) is 3.59. The van der Waals surface area contributed by atoms with Gasteiger partial charge in [0.05, 0.1) is 17.8 Å². The first-order chi connectivity index (χ1) is 14.1. The van der Waals surface area contributed by atoms with Crippen LogP contribution in [-0.4, -0.2) is 57.6 Å². The summed E-state index contributed by atoms with van der Waals surface area (Å²) in [5, 5.41) is 12.4. The van der Waals surface area contributed by atoms with E-state index in [-0.39, 0.29) is 5.91 Å². The zero-order valence-electron chi connectivity index (χ0n) is 17.3. The Bertz CT molecular complexity index is 856. The Hall–Kier alpha value is -3.04. The summed E-state index contributed by atoms with van der Waals surface area (Å²) >= 11 is 0. The Morgan fingerprint density at radius 1 is 1.07 bits per heavy atom. The highest BCUT2D eigenvalue weighted by molar-refractivity contribution is 5.78. The molecule has 1 aliphatic heterocycles. The summed E-state index contributed by atoms with van der Waals surface area (Å²) in [6, 6.07) is 18.2. The molecule has 1 saturated heterocycles. The third-order valence-corrected chi connectivity index (χ3v) is 5.26. The fraction of sp³-hybridized carbons (Fsp3) is 0.391. The zero-order chi connectivity index (χ0) is 20.6. The van der Waals surface area contributed by atoms with Gasteiger partial charge < -0.3 is 15.1 Å². The highest BCUT2D eigenvalue weighted by Gasteiger charge is 2.18. The van der Waals surface area contributed by atoms with E-state index < -0.39 is 0 Å². The van der Waals surface area contributed by atoms with Crippen LogP contribution in [-0.2, 0) is 11.3 Å². The van der Waals surface area contributed by atoms with Gasteiger partial charge in [0.25, 0.3) is 0 Å². The summed E-state index contributed by atoms with van der Waals surface area (Å²) in [5.41, 5.74) is 3.94. The van der Waals surface area contributed by atoms with Crippen molar-refractivity contribution in [2.75, 3.05) is 56.6 Å². The van der Waals surface area contributed by atoms with Crippen LogP contribution in [0.5, 0.6) is 0 Å². The van der Waals surface area contributed by atoms with Crippen molar-refractivity contribution in [2.45, 2.75) is 13.0 Å². The molecular formula is C23H29N5O. The van der Waals surface area contributed by atoms with Crippen molar-refractivity contribution < 1.29 is 4.79 Å². The zero-order valence-corrected chi connectivity index (χ0v) is 17.3. The summed E-state index contributed by atoms with van der Waals surface area (Å²) in [4.78, 5) is 18.9. The molecular weight excluding hydrogens is 362 g/mol. The van der Waals surface area contributed by atoms with Gasteiger partial charge in [-0.15, -0.1) is 0 Å². The number of para-hydroxylation sites is 1. The lowest BCUT2D eigenvalue weighted by molar-refractivity contribution is -0.122. The smallest absolute Gasteiger partial charge is 0.234 e. The van der Waals surface area contributed by atoms with Gasteiger partial charge in [-0.05, 0) is 36.2 Å². The first kappa shape index (κ1) is 20.7. The number of carbonyl (C=O) groups excluding carboxylic acids is 1. The lowest BCUT2D eigenvalue weighted by Gasteiger charge is -2.24. The van der Waals surface area contributed by atoms with Gasteiger partial charge in [-0.1, -0.05) is 24.3 Å². The number of hydrogen-bond donors (Lipinski definition) is 1. The third kappa shape index (κ3) is 5.72. The van der Waals surface area contributed by atoms with E-state index in [9.17, 15) is 10.1 Å². The number of hydrogen-bond acceptors (Lipinski definition) is 5. The lowest BCUT2D eigenvalue weighted by Crippen LogP contribution is -2.39. The average molecular weight is 392 g/mol. The number of amides is 1. The van der Waals surface area contributed by atoms with Crippen LogP contribution in [0.2, 0.25) is 0 Å². The van der Waals surface area contributed by atoms with E-state index in [0.717, 1.165) is 49.5 Å². The van der Waals surface area contributed by atoms with E-state index in [1.54, 1.807) is 0 Å². The third-order valence-electron chi connectivity index (χ3n) is 5.26. The van der Waals surface area contributed by atoms with Crippen LogP contribution < -0.4 is 15.1 Å². The second-order valence-electron chi connectivity index (χ2n) is 7.58. The van der Waals surface area contributed by atoms with Gasteiger partial charge in [-0.25, -0.2) is 0 Å². The van der Waals surface area contributed by atoms with Crippen molar-refractivity contribution in [3.8, 4) is 6.07 Å². The van der Waals surface area contributed by atoms with Gasteiger partial charge in [0.2, 0.25) is 5.91 Å². The molecule has 2 aromatic carbocycles. The molecule has 1 aliphatic rings. The Labute approximate surface area is 173 Å². The Morgan fingerprint density at radius 3 is 2.55 bits per heavy atom. The number of rotatable bonds is 6. The maximum absolute atomic E-state index is 12.4. The molecule has 3 rings (SSSR count). The van der Waals surface area contributed by atoms with Crippen molar-refractivity contribution in [2.24, 2.45) is 0 Å². The molecule has 0 atom stereocenters. The molecule has 0 aliphatic carbocycles. The lowest BCUT2D eigenvalue weighted by atomic mass is 10.1. The SMILES string of the molecule is CN(C)c1ccc(CNC(=O)CN2CCCN(c3ccccc3C#N)CC2)cc1. The van der Waals surface area contributed by atoms with Crippen LogP contribution in [0.4, 0.5) is 11.4 Å². The van der Waals surface area contributed by atoms with Crippen LogP contribution in [0.25, 0.3) is 0 Å².